The Morgan fingerprint density at radius 1 is 0.766 bits per heavy atom. The molecule has 0 aromatic carbocycles. The quantitative estimate of drug-likeness (QED) is 0.0857. The maximum Gasteiger partial charge on any atom is 0.335 e. The van der Waals surface area contributed by atoms with Gasteiger partial charge < -0.3 is 79.2 Å². The minimum atomic E-state index is -2.11. The average Bonchev–Trinajstić information content (AvgIpc) is 3.23. The number of carboxylic acid groups (broad SMARTS) is 1. The largest absolute Gasteiger partial charge is 0.479 e. The molecule has 0 bridgehead atoms. The lowest BCUT2D eigenvalue weighted by Crippen LogP contribution is -2.68. The number of ether oxygens (including phenoxy) is 6. The first-order chi connectivity index (χ1) is 30.0. The molecule has 3 saturated heterocycles. The van der Waals surface area contributed by atoms with Crippen molar-refractivity contribution in [2.45, 2.75) is 191 Å². The van der Waals surface area contributed by atoms with Crippen LogP contribution in [0.15, 0.2) is 11.6 Å². The molecule has 3 aliphatic heterocycles. The molecule has 362 valence electrons. The van der Waals surface area contributed by atoms with Crippen LogP contribution in [0.25, 0.3) is 0 Å². The molecule has 0 aromatic heterocycles. The summed E-state index contributed by atoms with van der Waals surface area (Å²) in [7, 11) is 0. The van der Waals surface area contributed by atoms with E-state index in [4.69, 9.17) is 28.4 Å². The van der Waals surface area contributed by atoms with E-state index in [1.54, 1.807) is 0 Å². The molecule has 8 rings (SSSR count). The van der Waals surface area contributed by atoms with Crippen LogP contribution in [0.3, 0.4) is 0 Å². The Bertz CT molecular complexity index is 1810. The number of aliphatic hydroxyl groups is 8. The summed E-state index contributed by atoms with van der Waals surface area (Å²) in [4.78, 5) is 40.6. The molecule has 3 heterocycles. The molecular formula is C46H70O18. The van der Waals surface area contributed by atoms with Crippen LogP contribution < -0.4 is 0 Å². The Morgan fingerprint density at radius 2 is 1.45 bits per heavy atom. The predicted molar refractivity (Wildman–Crippen MR) is 219 cm³/mol. The van der Waals surface area contributed by atoms with Crippen LogP contribution in [0.4, 0.5) is 0 Å². The second-order valence-corrected chi connectivity index (χ2v) is 22.1. The minimum absolute atomic E-state index is 0.0486. The maximum absolute atomic E-state index is 14.1. The van der Waals surface area contributed by atoms with E-state index in [1.807, 2.05) is 6.92 Å². The van der Waals surface area contributed by atoms with E-state index in [0.717, 1.165) is 38.4 Å². The van der Waals surface area contributed by atoms with Crippen molar-refractivity contribution in [1.29, 1.82) is 0 Å². The summed E-state index contributed by atoms with van der Waals surface area (Å²) in [6.45, 7) is 11.9. The van der Waals surface area contributed by atoms with Crippen LogP contribution in [-0.4, -0.2) is 169 Å². The van der Waals surface area contributed by atoms with Gasteiger partial charge >= 0.3 is 5.97 Å². The third kappa shape index (κ3) is 7.58. The molecule has 0 aromatic rings. The van der Waals surface area contributed by atoms with Crippen molar-refractivity contribution in [3.05, 3.63) is 11.6 Å². The second-order valence-electron chi connectivity index (χ2n) is 22.1. The van der Waals surface area contributed by atoms with Crippen LogP contribution in [-0.2, 0) is 42.8 Å². The fourth-order valence-corrected chi connectivity index (χ4v) is 14.3. The van der Waals surface area contributed by atoms with Gasteiger partial charge in [0, 0.05) is 17.8 Å². The molecule has 23 atom stereocenters. The SMILES string of the molecule is CC1(C)CC[C@H]2C(=O)C[C@]3(C)C(=CC[C@@H]4[C@@]5(C)CC[C@H](O[C@@H]6O[C@H](C(=O)O)[C@@H](O)[C@H](O[C@@H]7OC[C@@H](O)[C@H](O)[C@H]7O)[C@H]6O[C@@H]6O[C@H](CO)[C@H](O)[C@H](O)[C@H]6O)[C@@](C)(C=O)[C@@H]5CC[C@]43C)[C@@H]2C1. The minimum Gasteiger partial charge on any atom is -0.479 e. The van der Waals surface area contributed by atoms with Crippen molar-refractivity contribution >= 4 is 18.0 Å². The zero-order valence-corrected chi connectivity index (χ0v) is 37.6. The van der Waals surface area contributed by atoms with Gasteiger partial charge in [0.05, 0.1) is 24.7 Å². The van der Waals surface area contributed by atoms with Gasteiger partial charge in [-0.3, -0.25) is 4.79 Å². The van der Waals surface area contributed by atoms with Crippen molar-refractivity contribution in [2.75, 3.05) is 13.2 Å². The van der Waals surface area contributed by atoms with Gasteiger partial charge in [0.1, 0.15) is 73.1 Å². The number of hydrogen-bond donors (Lipinski definition) is 9. The van der Waals surface area contributed by atoms with E-state index in [0.29, 0.717) is 25.0 Å². The molecule has 0 radical (unpaired) electrons. The summed E-state index contributed by atoms with van der Waals surface area (Å²) in [5, 5.41) is 95.4. The first-order valence-corrected chi connectivity index (χ1v) is 23.1. The number of aliphatic carboxylic acids is 1. The van der Waals surface area contributed by atoms with Crippen LogP contribution in [0.2, 0.25) is 0 Å². The van der Waals surface area contributed by atoms with Crippen LogP contribution in [0.5, 0.6) is 0 Å². The molecule has 0 amide bonds. The molecule has 9 N–H and O–H groups in total. The molecule has 0 unspecified atom stereocenters. The Labute approximate surface area is 373 Å². The summed E-state index contributed by atoms with van der Waals surface area (Å²) in [6.07, 6.45) is -16.8. The van der Waals surface area contributed by atoms with Crippen molar-refractivity contribution < 1.29 is 88.8 Å². The predicted octanol–water partition coefficient (Wildman–Crippen LogP) is 0.341. The number of allylic oxidation sites excluding steroid dienone is 2. The van der Waals surface area contributed by atoms with Crippen LogP contribution >= 0.6 is 0 Å². The summed E-state index contributed by atoms with van der Waals surface area (Å²) in [6, 6.07) is 0. The first-order valence-electron chi connectivity index (χ1n) is 23.1. The molecule has 0 spiro atoms. The van der Waals surface area contributed by atoms with Gasteiger partial charge in [-0.15, -0.1) is 0 Å². The van der Waals surface area contributed by atoms with E-state index < -0.39 is 122 Å². The normalized spacial score (nSPS) is 53.8. The monoisotopic (exact) mass is 910 g/mol. The van der Waals surface area contributed by atoms with Gasteiger partial charge in [-0.1, -0.05) is 53.2 Å². The number of Topliss-reactive ketones (excluding diaryl/α,β-unsaturated/α-hetero) is 1. The number of carbonyl (C=O) groups is 3. The number of fused-ring (bicyclic) bond motifs is 7. The Hall–Kier alpha value is -2.01. The van der Waals surface area contributed by atoms with E-state index >= 15 is 0 Å². The van der Waals surface area contributed by atoms with Gasteiger partial charge in [-0.25, -0.2) is 4.79 Å². The fraction of sp³-hybridized carbons (Fsp3) is 0.891. The van der Waals surface area contributed by atoms with Gasteiger partial charge in [0.2, 0.25) is 0 Å². The van der Waals surface area contributed by atoms with E-state index in [-0.39, 0.29) is 46.3 Å². The molecule has 8 aliphatic rings. The second kappa shape index (κ2) is 17.2. The molecule has 64 heavy (non-hydrogen) atoms. The van der Waals surface area contributed by atoms with Gasteiger partial charge in [0.15, 0.2) is 25.0 Å². The fourth-order valence-electron chi connectivity index (χ4n) is 14.3. The maximum atomic E-state index is 14.1. The van der Waals surface area contributed by atoms with E-state index in [9.17, 15) is 60.3 Å². The van der Waals surface area contributed by atoms with Gasteiger partial charge in [0.25, 0.3) is 0 Å². The standard InChI is InChI=1S/C46H70O18/c1-42(2)12-9-20-21(15-42)22-7-8-27-43(3)13-11-28(44(4,19-48)26(43)10-14-45(27,5)46(22,6)16-23(20)49)61-41-37(64-40-33(55)31(53)30(52)25(17-47)60-40)35(34(56)36(63-41)38(57)58)62-39-32(54)29(51)24(50)18-59-39/h7,19-21,24-37,39-41,47,50-56H,8-18H2,1-6H3,(H,57,58)/t20-,21-,24-,25-,26-,27-,28+,29+,30+,31+,32-,33-,34+,35+,36+,37-,39+,40+,41-,43+,44+,45-,46-/m1/s1. The third-order valence-corrected chi connectivity index (χ3v) is 18.1. The lowest BCUT2D eigenvalue weighted by Gasteiger charge is -2.70. The van der Waals surface area contributed by atoms with Gasteiger partial charge in [-0.2, -0.15) is 0 Å². The Morgan fingerprint density at radius 3 is 2.12 bits per heavy atom. The summed E-state index contributed by atoms with van der Waals surface area (Å²) < 4.78 is 35.9. The molecule has 18 heteroatoms. The smallest absolute Gasteiger partial charge is 0.335 e. The number of carbonyl (C=O) groups excluding carboxylic acids is 2. The first kappa shape index (κ1) is 48.4. The number of hydrogen-bond acceptors (Lipinski definition) is 17. The lowest BCUT2D eigenvalue weighted by atomic mass is 9.34. The van der Waals surface area contributed by atoms with Crippen molar-refractivity contribution in [3.63, 3.8) is 0 Å². The number of ketones is 1. The number of carboxylic acids is 1. The lowest BCUT2D eigenvalue weighted by molar-refractivity contribution is -0.391. The van der Waals surface area contributed by atoms with Gasteiger partial charge in [-0.05, 0) is 85.4 Å². The van der Waals surface area contributed by atoms with E-state index in [1.165, 1.54) is 5.57 Å². The highest BCUT2D eigenvalue weighted by Crippen LogP contribution is 2.74. The highest BCUT2D eigenvalue weighted by molar-refractivity contribution is 5.85. The molecule has 7 fully saturated rings. The summed E-state index contributed by atoms with van der Waals surface area (Å²) in [5.41, 5.74) is -0.696. The van der Waals surface area contributed by atoms with Crippen molar-refractivity contribution in [2.24, 2.45) is 50.7 Å². The zero-order chi connectivity index (χ0) is 46.6. The van der Waals surface area contributed by atoms with E-state index in [2.05, 4.69) is 40.7 Å². The molecular weight excluding hydrogens is 840 g/mol. The topological polar surface area (TPSA) is 289 Å². The molecule has 4 saturated carbocycles. The average molecular weight is 911 g/mol. The summed E-state index contributed by atoms with van der Waals surface area (Å²) >= 11 is 0. The number of aldehydes is 1. The molecule has 18 nitrogen and oxygen atoms in total. The van der Waals surface area contributed by atoms with Crippen LogP contribution in [0, 0.1) is 50.7 Å². The highest BCUT2D eigenvalue weighted by Gasteiger charge is 2.69. The zero-order valence-electron chi connectivity index (χ0n) is 37.6. The number of aliphatic hydroxyl groups excluding tert-OH is 8. The summed E-state index contributed by atoms with van der Waals surface area (Å²) in [5.74, 6) is -1.20. The molecule has 5 aliphatic carbocycles. The van der Waals surface area contributed by atoms with Crippen molar-refractivity contribution in [3.8, 4) is 0 Å². The Balaban J connectivity index is 1.12. The van der Waals surface area contributed by atoms with Crippen molar-refractivity contribution in [1.82, 2.24) is 0 Å². The Kier molecular flexibility index (Phi) is 13.0. The van der Waals surface area contributed by atoms with Crippen LogP contribution in [0.1, 0.15) is 99.3 Å². The number of rotatable bonds is 9. The highest BCUT2D eigenvalue weighted by atomic mass is 16.8. The third-order valence-electron chi connectivity index (χ3n) is 18.1.